The van der Waals surface area contributed by atoms with Gasteiger partial charge < -0.3 is 14.4 Å². The van der Waals surface area contributed by atoms with Crippen LogP contribution in [0, 0.1) is 0 Å². The topological polar surface area (TPSA) is 64.3 Å². The molecular weight excluding hydrogens is 352 g/mol. The minimum Gasteiger partial charge on any atom is -0.478 e. The zero-order chi connectivity index (χ0) is 19.5. The van der Waals surface area contributed by atoms with Gasteiger partial charge in [-0.3, -0.25) is 0 Å². The lowest BCUT2D eigenvalue weighted by molar-refractivity contribution is 0.0697. The van der Waals surface area contributed by atoms with Crippen molar-refractivity contribution in [3.8, 4) is 0 Å². The van der Waals surface area contributed by atoms with Crippen molar-refractivity contribution in [1.29, 1.82) is 0 Å². The van der Waals surface area contributed by atoms with E-state index in [2.05, 4.69) is 35.3 Å². The number of carbonyl (C=O) groups is 1. The summed E-state index contributed by atoms with van der Waals surface area (Å²) in [5, 5.41) is 11.4. The summed E-state index contributed by atoms with van der Waals surface area (Å²) in [6, 6.07) is 21.4. The van der Waals surface area contributed by atoms with Crippen molar-refractivity contribution in [1.82, 2.24) is 9.55 Å². The molecule has 5 heteroatoms. The van der Waals surface area contributed by atoms with E-state index in [1.165, 1.54) is 10.8 Å². The summed E-state index contributed by atoms with van der Waals surface area (Å²) in [7, 11) is 1.68. The molecule has 1 heterocycles. The number of benzene rings is 3. The molecule has 0 fully saturated rings. The molecule has 0 amide bonds. The fourth-order valence-corrected chi connectivity index (χ4v) is 3.36. The monoisotopic (exact) mass is 372 g/mol. The number of fused-ring (bicyclic) bond motifs is 1. The second kappa shape index (κ2) is 7.66. The smallest absolute Gasteiger partial charge is 0.335 e. The van der Waals surface area contributed by atoms with Crippen LogP contribution < -0.4 is 0 Å². The second-order valence-corrected chi connectivity index (χ2v) is 6.70. The molecule has 3 aromatic carbocycles. The van der Waals surface area contributed by atoms with Crippen LogP contribution in [0.3, 0.4) is 0 Å². The minimum absolute atomic E-state index is 0.250. The predicted octanol–water partition coefficient (Wildman–Crippen LogP) is 4.52. The van der Waals surface area contributed by atoms with Gasteiger partial charge in [-0.2, -0.15) is 0 Å². The van der Waals surface area contributed by atoms with Crippen molar-refractivity contribution < 1.29 is 14.6 Å². The molecule has 0 spiro atoms. The van der Waals surface area contributed by atoms with Crippen molar-refractivity contribution in [3.63, 3.8) is 0 Å². The Labute approximate surface area is 162 Å². The van der Waals surface area contributed by atoms with Crippen molar-refractivity contribution in [3.05, 3.63) is 102 Å². The maximum atomic E-state index is 11.0. The number of ether oxygens (including phenoxy) is 1. The van der Waals surface area contributed by atoms with Gasteiger partial charge in [-0.1, -0.05) is 48.5 Å². The van der Waals surface area contributed by atoms with Crippen LogP contribution in [0.2, 0.25) is 0 Å². The molecule has 1 unspecified atom stereocenters. The Kier molecular flexibility index (Phi) is 4.91. The van der Waals surface area contributed by atoms with Crippen LogP contribution in [0.5, 0.6) is 0 Å². The lowest BCUT2D eigenvalue weighted by atomic mass is 10.0. The molecule has 0 aliphatic rings. The Morgan fingerprint density at radius 1 is 1.07 bits per heavy atom. The normalized spacial score (nSPS) is 12.2. The average Bonchev–Trinajstić information content (AvgIpc) is 3.17. The first-order chi connectivity index (χ1) is 13.6. The Morgan fingerprint density at radius 3 is 2.54 bits per heavy atom. The van der Waals surface area contributed by atoms with E-state index < -0.39 is 5.97 Å². The van der Waals surface area contributed by atoms with Crippen LogP contribution in [-0.2, 0) is 11.3 Å². The molecule has 0 aliphatic heterocycles. The first kappa shape index (κ1) is 17.9. The van der Waals surface area contributed by atoms with Crippen LogP contribution >= 0.6 is 0 Å². The average molecular weight is 372 g/mol. The Bertz CT molecular complexity index is 1120. The van der Waals surface area contributed by atoms with Gasteiger partial charge in [-0.25, -0.2) is 9.78 Å². The molecule has 0 radical (unpaired) electrons. The highest BCUT2D eigenvalue weighted by molar-refractivity contribution is 5.87. The molecule has 1 aromatic heterocycles. The number of methoxy groups -OCH3 is 1. The van der Waals surface area contributed by atoms with E-state index in [0.29, 0.717) is 6.54 Å². The third kappa shape index (κ3) is 3.66. The molecule has 0 bridgehead atoms. The summed E-state index contributed by atoms with van der Waals surface area (Å²) >= 11 is 0. The van der Waals surface area contributed by atoms with E-state index in [4.69, 9.17) is 9.84 Å². The fourth-order valence-electron chi connectivity index (χ4n) is 3.36. The van der Waals surface area contributed by atoms with Crippen LogP contribution in [-0.4, -0.2) is 27.7 Å². The zero-order valence-corrected chi connectivity index (χ0v) is 15.4. The third-order valence-electron chi connectivity index (χ3n) is 4.80. The largest absolute Gasteiger partial charge is 0.478 e. The highest BCUT2D eigenvalue weighted by Gasteiger charge is 2.17. The lowest BCUT2D eigenvalue weighted by Gasteiger charge is -2.14. The number of rotatable bonds is 6. The van der Waals surface area contributed by atoms with E-state index in [-0.39, 0.29) is 11.7 Å². The van der Waals surface area contributed by atoms with Gasteiger partial charge in [0.2, 0.25) is 0 Å². The minimum atomic E-state index is -0.921. The number of hydrogen-bond donors (Lipinski definition) is 1. The summed E-state index contributed by atoms with van der Waals surface area (Å²) in [5.41, 5.74) is 3.18. The van der Waals surface area contributed by atoms with Crippen LogP contribution in [0.25, 0.3) is 10.8 Å². The van der Waals surface area contributed by atoms with E-state index in [0.717, 1.165) is 16.8 Å². The van der Waals surface area contributed by atoms with Crippen molar-refractivity contribution in [2.45, 2.75) is 12.6 Å². The highest BCUT2D eigenvalue weighted by Crippen LogP contribution is 2.27. The van der Waals surface area contributed by atoms with E-state index in [1.54, 1.807) is 25.6 Å². The third-order valence-corrected chi connectivity index (χ3v) is 4.80. The van der Waals surface area contributed by atoms with Crippen molar-refractivity contribution in [2.24, 2.45) is 0 Å². The number of imidazole rings is 1. The number of carboxylic acid groups (broad SMARTS) is 1. The summed E-state index contributed by atoms with van der Waals surface area (Å²) in [4.78, 5) is 15.5. The van der Waals surface area contributed by atoms with Crippen molar-refractivity contribution in [2.75, 3.05) is 7.11 Å². The molecule has 0 saturated carbocycles. The number of nitrogens with zero attached hydrogens (tertiary/aromatic N) is 2. The van der Waals surface area contributed by atoms with Gasteiger partial charge in [0.15, 0.2) is 0 Å². The fraction of sp³-hybridized carbons (Fsp3) is 0.130. The van der Waals surface area contributed by atoms with Crippen LogP contribution in [0.1, 0.15) is 33.3 Å². The SMILES string of the molecule is COC(c1ccc2ccccc2c1)c1cn(Cc2ccc(C(=O)O)cc2)cn1. The predicted molar refractivity (Wildman–Crippen MR) is 108 cm³/mol. The van der Waals surface area contributed by atoms with Gasteiger partial charge in [0, 0.05) is 19.9 Å². The molecule has 0 aliphatic carbocycles. The maximum Gasteiger partial charge on any atom is 0.335 e. The molecule has 4 aromatic rings. The number of aromatic carboxylic acids is 1. The molecule has 5 nitrogen and oxygen atoms in total. The molecule has 1 N–H and O–H groups in total. The Hall–Kier alpha value is -3.44. The summed E-state index contributed by atoms with van der Waals surface area (Å²) in [5.74, 6) is -0.921. The van der Waals surface area contributed by atoms with E-state index >= 15 is 0 Å². The molecular formula is C23H20N2O3. The van der Waals surface area contributed by atoms with Gasteiger partial charge in [0.05, 0.1) is 17.6 Å². The van der Waals surface area contributed by atoms with Crippen LogP contribution in [0.4, 0.5) is 0 Å². The summed E-state index contributed by atoms with van der Waals surface area (Å²) in [6.07, 6.45) is 3.49. The van der Waals surface area contributed by atoms with E-state index in [9.17, 15) is 4.79 Å². The number of aromatic nitrogens is 2. The van der Waals surface area contributed by atoms with E-state index in [1.807, 2.05) is 35.0 Å². The summed E-state index contributed by atoms with van der Waals surface area (Å²) < 4.78 is 7.71. The van der Waals surface area contributed by atoms with Gasteiger partial charge in [-0.05, 0) is 40.1 Å². The number of hydrogen-bond acceptors (Lipinski definition) is 3. The highest BCUT2D eigenvalue weighted by atomic mass is 16.5. The Balaban J connectivity index is 1.56. The van der Waals surface area contributed by atoms with Crippen LogP contribution in [0.15, 0.2) is 79.3 Å². The molecule has 28 heavy (non-hydrogen) atoms. The molecule has 140 valence electrons. The molecule has 1 atom stereocenters. The quantitative estimate of drug-likeness (QED) is 0.540. The Morgan fingerprint density at radius 2 is 1.82 bits per heavy atom. The second-order valence-electron chi connectivity index (χ2n) is 6.70. The first-order valence-corrected chi connectivity index (χ1v) is 8.99. The zero-order valence-electron chi connectivity index (χ0n) is 15.4. The van der Waals surface area contributed by atoms with Crippen molar-refractivity contribution >= 4 is 16.7 Å². The molecule has 0 saturated heterocycles. The maximum absolute atomic E-state index is 11.0. The number of carboxylic acids is 1. The standard InChI is InChI=1S/C23H20N2O3/c1-28-22(20-11-10-17-4-2-3-5-19(17)12-20)21-14-25(15-24-21)13-16-6-8-18(9-7-16)23(26)27/h2-12,14-15,22H,13H2,1H3,(H,26,27). The lowest BCUT2D eigenvalue weighted by Crippen LogP contribution is -2.04. The summed E-state index contributed by atoms with van der Waals surface area (Å²) in [6.45, 7) is 0.612. The molecule has 4 rings (SSSR count). The van der Waals surface area contributed by atoms with Gasteiger partial charge >= 0.3 is 5.97 Å². The first-order valence-electron chi connectivity index (χ1n) is 8.99. The van der Waals surface area contributed by atoms with Gasteiger partial charge in [-0.15, -0.1) is 0 Å². The van der Waals surface area contributed by atoms with Gasteiger partial charge in [0.25, 0.3) is 0 Å². The van der Waals surface area contributed by atoms with Gasteiger partial charge in [0.1, 0.15) is 6.10 Å².